The Morgan fingerprint density at radius 3 is 2.95 bits per heavy atom. The third kappa shape index (κ3) is 2.29. The number of nitrogens with zero attached hydrogens (tertiary/aromatic N) is 5. The average Bonchev–Trinajstić information content (AvgIpc) is 2.92. The Hall–Kier alpha value is -2.54. The number of rotatable bonds is 3. The summed E-state index contributed by atoms with van der Waals surface area (Å²) in [6.45, 7) is 0. The fraction of sp³-hybridized carbons (Fsp3) is 0.133. The SMILES string of the molecule is O=c1cc(CSc2ncccn2)nc2n1C1C=CC=CC1=N2. The minimum absolute atomic E-state index is 0.0849. The molecule has 6 nitrogen and oxygen atoms in total. The van der Waals surface area contributed by atoms with Crippen LogP contribution in [0.25, 0.3) is 0 Å². The molecule has 2 aliphatic rings. The first kappa shape index (κ1) is 13.1. The van der Waals surface area contributed by atoms with Crippen LogP contribution < -0.4 is 5.56 Å². The number of hydrogen-bond acceptors (Lipinski definition) is 6. The fourth-order valence-corrected chi connectivity index (χ4v) is 3.09. The molecule has 22 heavy (non-hydrogen) atoms. The van der Waals surface area contributed by atoms with E-state index < -0.39 is 0 Å². The summed E-state index contributed by atoms with van der Waals surface area (Å²) in [4.78, 5) is 29.6. The zero-order chi connectivity index (χ0) is 14.9. The molecule has 1 unspecified atom stereocenters. The molecule has 0 N–H and O–H groups in total. The molecule has 0 amide bonds. The predicted octanol–water partition coefficient (Wildman–Crippen LogP) is 2.08. The van der Waals surface area contributed by atoms with Crippen LogP contribution in [-0.4, -0.2) is 25.2 Å². The third-order valence-electron chi connectivity index (χ3n) is 3.36. The number of hydrogen-bond donors (Lipinski definition) is 0. The van der Waals surface area contributed by atoms with Crippen molar-refractivity contribution in [1.29, 1.82) is 0 Å². The summed E-state index contributed by atoms with van der Waals surface area (Å²) in [5, 5.41) is 0.663. The highest BCUT2D eigenvalue weighted by molar-refractivity contribution is 7.98. The van der Waals surface area contributed by atoms with Gasteiger partial charge in [0.1, 0.15) is 6.04 Å². The Balaban J connectivity index is 1.63. The molecule has 108 valence electrons. The molecule has 2 aromatic heterocycles. The van der Waals surface area contributed by atoms with Crippen molar-refractivity contribution >= 4 is 23.4 Å². The second-order valence-electron chi connectivity index (χ2n) is 4.80. The van der Waals surface area contributed by atoms with Crippen LogP contribution in [0.3, 0.4) is 0 Å². The summed E-state index contributed by atoms with van der Waals surface area (Å²) >= 11 is 1.44. The highest BCUT2D eigenvalue weighted by Gasteiger charge is 2.26. The van der Waals surface area contributed by atoms with Crippen LogP contribution in [0.5, 0.6) is 0 Å². The lowest BCUT2D eigenvalue weighted by Crippen LogP contribution is -2.25. The van der Waals surface area contributed by atoms with E-state index in [1.165, 1.54) is 11.8 Å². The Morgan fingerprint density at radius 2 is 2.09 bits per heavy atom. The van der Waals surface area contributed by atoms with Gasteiger partial charge in [-0.2, -0.15) is 0 Å². The van der Waals surface area contributed by atoms with E-state index in [1.54, 1.807) is 29.1 Å². The molecule has 1 atom stereocenters. The molecule has 1 aliphatic carbocycles. The summed E-state index contributed by atoms with van der Waals surface area (Å²) in [6, 6.07) is 3.20. The van der Waals surface area contributed by atoms with Crippen LogP contribution >= 0.6 is 11.8 Å². The maximum Gasteiger partial charge on any atom is 0.256 e. The maximum absolute atomic E-state index is 12.3. The van der Waals surface area contributed by atoms with Crippen molar-refractivity contribution in [3.8, 4) is 0 Å². The molecule has 1 aliphatic heterocycles. The Bertz CT molecular complexity index is 869. The lowest BCUT2D eigenvalue weighted by molar-refractivity contribution is 0.732. The molecule has 0 saturated carbocycles. The lowest BCUT2D eigenvalue weighted by atomic mass is 10.1. The van der Waals surface area contributed by atoms with Gasteiger partial charge in [0.15, 0.2) is 5.16 Å². The lowest BCUT2D eigenvalue weighted by Gasteiger charge is -2.12. The molecule has 0 spiro atoms. The van der Waals surface area contributed by atoms with E-state index in [4.69, 9.17) is 0 Å². The molecule has 0 saturated heterocycles. The van der Waals surface area contributed by atoms with Crippen molar-refractivity contribution < 1.29 is 0 Å². The van der Waals surface area contributed by atoms with Crippen LogP contribution in [0.2, 0.25) is 0 Å². The summed E-state index contributed by atoms with van der Waals surface area (Å²) in [7, 11) is 0. The number of thioether (sulfide) groups is 1. The van der Waals surface area contributed by atoms with Gasteiger partial charge in [-0.05, 0) is 12.1 Å². The van der Waals surface area contributed by atoms with E-state index in [-0.39, 0.29) is 11.6 Å². The minimum atomic E-state index is -0.126. The van der Waals surface area contributed by atoms with Crippen molar-refractivity contribution in [3.63, 3.8) is 0 Å². The highest BCUT2D eigenvalue weighted by atomic mass is 32.2. The monoisotopic (exact) mass is 309 g/mol. The topological polar surface area (TPSA) is 73.0 Å². The Kier molecular flexibility index (Phi) is 3.19. The first-order valence-electron chi connectivity index (χ1n) is 6.77. The predicted molar refractivity (Wildman–Crippen MR) is 84.5 cm³/mol. The van der Waals surface area contributed by atoms with Gasteiger partial charge in [0.2, 0.25) is 5.95 Å². The van der Waals surface area contributed by atoms with Gasteiger partial charge in [0.05, 0.1) is 11.4 Å². The number of allylic oxidation sites excluding steroid dienone is 4. The van der Waals surface area contributed by atoms with Crippen LogP contribution in [-0.2, 0) is 5.75 Å². The maximum atomic E-state index is 12.3. The molecule has 0 fully saturated rings. The standard InChI is InChI=1S/C15H11N5OS/c21-13-8-10(9-22-15-16-6-3-7-17-15)18-14-19-11-4-1-2-5-12(11)20(13)14/h1-8,12H,9H2. The largest absolute Gasteiger partial charge is 0.269 e. The number of aromatic nitrogens is 4. The molecule has 2 aromatic rings. The second kappa shape index (κ2) is 5.34. The zero-order valence-corrected chi connectivity index (χ0v) is 12.3. The third-order valence-corrected chi connectivity index (χ3v) is 4.27. The Morgan fingerprint density at radius 1 is 1.23 bits per heavy atom. The van der Waals surface area contributed by atoms with Gasteiger partial charge in [-0.1, -0.05) is 30.0 Å². The first-order valence-corrected chi connectivity index (χ1v) is 7.75. The minimum Gasteiger partial charge on any atom is -0.269 e. The molecule has 4 rings (SSSR count). The molecular weight excluding hydrogens is 298 g/mol. The van der Waals surface area contributed by atoms with Crippen LogP contribution in [0.15, 0.2) is 63.8 Å². The van der Waals surface area contributed by atoms with Gasteiger partial charge in [0, 0.05) is 24.2 Å². The normalized spacial score (nSPS) is 18.0. The molecule has 0 radical (unpaired) electrons. The molecule has 7 heteroatoms. The fourth-order valence-electron chi connectivity index (χ4n) is 2.40. The van der Waals surface area contributed by atoms with Crippen molar-refractivity contribution in [1.82, 2.24) is 19.5 Å². The zero-order valence-electron chi connectivity index (χ0n) is 11.5. The van der Waals surface area contributed by atoms with E-state index in [1.807, 2.05) is 24.3 Å². The number of fused-ring (bicyclic) bond motifs is 3. The van der Waals surface area contributed by atoms with Gasteiger partial charge < -0.3 is 0 Å². The molecule has 0 bridgehead atoms. The van der Waals surface area contributed by atoms with E-state index in [0.29, 0.717) is 22.6 Å². The first-order chi connectivity index (χ1) is 10.8. The quantitative estimate of drug-likeness (QED) is 0.641. The average molecular weight is 309 g/mol. The van der Waals surface area contributed by atoms with Crippen LogP contribution in [0.4, 0.5) is 5.95 Å². The Labute approximate surface area is 130 Å². The van der Waals surface area contributed by atoms with E-state index in [2.05, 4.69) is 19.9 Å². The van der Waals surface area contributed by atoms with Crippen molar-refractivity contribution in [2.75, 3.05) is 0 Å². The van der Waals surface area contributed by atoms with Gasteiger partial charge in [0.25, 0.3) is 5.56 Å². The van der Waals surface area contributed by atoms with E-state index in [9.17, 15) is 4.79 Å². The number of aliphatic imine (C=N–C) groups is 1. The van der Waals surface area contributed by atoms with Gasteiger partial charge >= 0.3 is 0 Å². The molecule has 3 heterocycles. The summed E-state index contributed by atoms with van der Waals surface area (Å²) in [6.07, 6.45) is 11.1. The smallest absolute Gasteiger partial charge is 0.256 e. The van der Waals surface area contributed by atoms with Crippen molar-refractivity contribution in [2.24, 2.45) is 4.99 Å². The van der Waals surface area contributed by atoms with Crippen LogP contribution in [0, 0.1) is 0 Å². The summed E-state index contributed by atoms with van der Waals surface area (Å²) in [5.41, 5.74) is 1.45. The van der Waals surface area contributed by atoms with Gasteiger partial charge in [-0.25, -0.2) is 19.9 Å². The molecular formula is C15H11N5OS. The summed E-state index contributed by atoms with van der Waals surface area (Å²) in [5.74, 6) is 1.00. The van der Waals surface area contributed by atoms with Crippen molar-refractivity contribution in [2.45, 2.75) is 17.0 Å². The van der Waals surface area contributed by atoms with E-state index in [0.717, 1.165) is 5.71 Å². The molecule has 0 aromatic carbocycles. The van der Waals surface area contributed by atoms with Crippen molar-refractivity contribution in [3.05, 3.63) is 64.9 Å². The highest BCUT2D eigenvalue weighted by Crippen LogP contribution is 2.28. The van der Waals surface area contributed by atoms with Crippen LogP contribution in [0.1, 0.15) is 11.7 Å². The second-order valence-corrected chi connectivity index (χ2v) is 5.74. The van der Waals surface area contributed by atoms with E-state index >= 15 is 0 Å². The van der Waals surface area contributed by atoms with Gasteiger partial charge in [-0.3, -0.25) is 9.36 Å². The summed E-state index contributed by atoms with van der Waals surface area (Å²) < 4.78 is 1.61. The van der Waals surface area contributed by atoms with Gasteiger partial charge in [-0.15, -0.1) is 0 Å².